The number of hydrogen-bond acceptors (Lipinski definition) is 4. The van der Waals surface area contributed by atoms with Crippen LogP contribution in [0.2, 0.25) is 0 Å². The molecule has 0 spiro atoms. The molecular weight excluding hydrogens is 471 g/mol. The summed E-state index contributed by atoms with van der Waals surface area (Å²) < 4.78 is 40.2. The van der Waals surface area contributed by atoms with Gasteiger partial charge in [-0.2, -0.15) is 4.31 Å². The van der Waals surface area contributed by atoms with Crippen LogP contribution in [0, 0.1) is 11.7 Å². The second-order valence-corrected chi connectivity index (χ2v) is 10.1. The Morgan fingerprint density at radius 1 is 0.800 bits per heavy atom. The number of nitrogens with zero attached hydrogens (tertiary/aromatic N) is 1. The second-order valence-electron chi connectivity index (χ2n) is 8.17. The molecule has 182 valence electrons. The van der Waals surface area contributed by atoms with Gasteiger partial charge in [0.1, 0.15) is 5.82 Å². The van der Waals surface area contributed by atoms with Crippen molar-refractivity contribution in [3.8, 4) is 0 Å². The highest BCUT2D eigenvalue weighted by Gasteiger charge is 2.33. The molecule has 1 fully saturated rings. The number of halogens is 1. The number of hydrogen-bond donors (Lipinski definition) is 3. The first-order chi connectivity index (χ1) is 16.8. The maximum atomic E-state index is 13.2. The zero-order chi connectivity index (χ0) is 24.8. The number of carbonyl (C=O) groups excluding carboxylic acids is 2. The molecule has 1 aliphatic heterocycles. The lowest BCUT2D eigenvalue weighted by Gasteiger charge is -2.31. The summed E-state index contributed by atoms with van der Waals surface area (Å²) in [6, 6.07) is 19.9. The number of para-hydroxylation sites is 1. The Bertz CT molecular complexity index is 1280. The zero-order valence-corrected chi connectivity index (χ0v) is 19.6. The number of carbonyl (C=O) groups is 2. The quantitative estimate of drug-likeness (QED) is 0.467. The molecule has 8 nitrogen and oxygen atoms in total. The Hall–Kier alpha value is -3.76. The maximum absolute atomic E-state index is 13.2. The normalized spacial score (nSPS) is 16.3. The van der Waals surface area contributed by atoms with Crippen LogP contribution in [-0.2, 0) is 14.8 Å². The van der Waals surface area contributed by atoms with Crippen LogP contribution in [0.4, 0.5) is 26.2 Å². The summed E-state index contributed by atoms with van der Waals surface area (Å²) in [5.41, 5.74) is 1.74. The lowest BCUT2D eigenvalue weighted by atomic mass is 9.98. The highest BCUT2D eigenvalue weighted by molar-refractivity contribution is 7.89. The molecule has 0 aliphatic carbocycles. The molecule has 3 amide bonds. The molecule has 3 N–H and O–H groups in total. The van der Waals surface area contributed by atoms with Crippen molar-refractivity contribution in [1.29, 1.82) is 0 Å². The summed E-state index contributed by atoms with van der Waals surface area (Å²) in [4.78, 5) is 24.9. The Kier molecular flexibility index (Phi) is 7.42. The molecule has 1 heterocycles. The van der Waals surface area contributed by atoms with Crippen molar-refractivity contribution in [1.82, 2.24) is 4.31 Å². The Balaban J connectivity index is 1.33. The Morgan fingerprint density at radius 3 is 2.00 bits per heavy atom. The smallest absolute Gasteiger partial charge is 0.323 e. The summed E-state index contributed by atoms with van der Waals surface area (Å²) in [6.07, 6.45) is 1.10. The minimum atomic E-state index is -3.82. The van der Waals surface area contributed by atoms with Crippen LogP contribution in [0.1, 0.15) is 12.8 Å². The van der Waals surface area contributed by atoms with Crippen LogP contribution >= 0.6 is 0 Å². The third-order valence-electron chi connectivity index (χ3n) is 5.65. The van der Waals surface area contributed by atoms with E-state index in [1.165, 1.54) is 16.4 Å². The first kappa shape index (κ1) is 24.4. The van der Waals surface area contributed by atoms with E-state index in [9.17, 15) is 22.4 Å². The summed E-state index contributed by atoms with van der Waals surface area (Å²) in [5, 5.41) is 8.25. The molecule has 0 bridgehead atoms. The van der Waals surface area contributed by atoms with Gasteiger partial charge in [0.2, 0.25) is 15.9 Å². The van der Waals surface area contributed by atoms with Crippen LogP contribution in [0.5, 0.6) is 0 Å². The Morgan fingerprint density at radius 2 is 1.37 bits per heavy atom. The van der Waals surface area contributed by atoms with Crippen LogP contribution in [0.25, 0.3) is 0 Å². The summed E-state index contributed by atoms with van der Waals surface area (Å²) in [7, 11) is -3.82. The first-order valence-corrected chi connectivity index (χ1v) is 12.5. The molecule has 1 unspecified atom stereocenters. The molecule has 3 aromatic rings. The number of piperidine rings is 1. The molecular formula is C25H25FN4O4S. The van der Waals surface area contributed by atoms with E-state index < -0.39 is 27.8 Å². The van der Waals surface area contributed by atoms with E-state index in [0.717, 1.165) is 12.1 Å². The van der Waals surface area contributed by atoms with Gasteiger partial charge in [0.05, 0.1) is 10.8 Å². The lowest BCUT2D eigenvalue weighted by molar-refractivity contribution is -0.120. The molecule has 1 saturated heterocycles. The average molecular weight is 497 g/mol. The van der Waals surface area contributed by atoms with Gasteiger partial charge in [-0.05, 0) is 73.5 Å². The standard InChI is InChI=1S/C25H25FN4O4S/c26-19-8-14-23(15-9-19)35(33,34)30-16-4-5-18(17-30)24(31)27-21-10-12-22(13-11-21)29-25(32)28-20-6-2-1-3-7-20/h1-3,6-15,18H,4-5,16-17H2,(H,27,31)(H2,28,29,32). The lowest BCUT2D eigenvalue weighted by Crippen LogP contribution is -2.43. The van der Waals surface area contributed by atoms with Crippen molar-refractivity contribution >= 4 is 39.0 Å². The highest BCUT2D eigenvalue weighted by Crippen LogP contribution is 2.25. The summed E-state index contributed by atoms with van der Waals surface area (Å²) in [5.74, 6) is -1.32. The minimum Gasteiger partial charge on any atom is -0.326 e. The predicted octanol–water partition coefficient (Wildman–Crippen LogP) is 4.51. The number of nitrogens with one attached hydrogen (secondary N) is 3. The van der Waals surface area contributed by atoms with E-state index in [2.05, 4.69) is 16.0 Å². The zero-order valence-electron chi connectivity index (χ0n) is 18.8. The highest BCUT2D eigenvalue weighted by atomic mass is 32.2. The van der Waals surface area contributed by atoms with Crippen LogP contribution in [0.3, 0.4) is 0 Å². The van der Waals surface area contributed by atoms with Gasteiger partial charge in [-0.3, -0.25) is 4.79 Å². The molecule has 35 heavy (non-hydrogen) atoms. The van der Waals surface area contributed by atoms with Crippen molar-refractivity contribution in [2.45, 2.75) is 17.7 Å². The fraction of sp³-hybridized carbons (Fsp3) is 0.200. The summed E-state index contributed by atoms with van der Waals surface area (Å²) in [6.45, 7) is 0.347. The average Bonchev–Trinajstić information content (AvgIpc) is 2.86. The van der Waals surface area contributed by atoms with E-state index in [1.54, 1.807) is 36.4 Å². The predicted molar refractivity (Wildman–Crippen MR) is 132 cm³/mol. The number of benzene rings is 3. The topological polar surface area (TPSA) is 108 Å². The second kappa shape index (κ2) is 10.7. The van der Waals surface area contributed by atoms with E-state index >= 15 is 0 Å². The Labute approximate surface area is 203 Å². The van der Waals surface area contributed by atoms with Crippen molar-refractivity contribution in [3.05, 3.63) is 84.7 Å². The van der Waals surface area contributed by atoms with Gasteiger partial charge < -0.3 is 16.0 Å². The van der Waals surface area contributed by atoms with E-state index in [0.29, 0.717) is 36.4 Å². The van der Waals surface area contributed by atoms with Gasteiger partial charge in [-0.1, -0.05) is 18.2 Å². The number of rotatable bonds is 6. The minimum absolute atomic E-state index is 0.000604. The summed E-state index contributed by atoms with van der Waals surface area (Å²) >= 11 is 0. The van der Waals surface area contributed by atoms with Crippen molar-refractivity contribution in [3.63, 3.8) is 0 Å². The SMILES string of the molecule is O=C(Nc1ccccc1)Nc1ccc(NC(=O)C2CCCN(S(=O)(=O)c3ccc(F)cc3)C2)cc1. The van der Waals surface area contributed by atoms with Gasteiger partial charge in [-0.15, -0.1) is 0 Å². The van der Waals surface area contributed by atoms with Crippen LogP contribution in [0.15, 0.2) is 83.8 Å². The van der Waals surface area contributed by atoms with Gasteiger partial charge in [0, 0.05) is 30.2 Å². The molecule has 1 aliphatic rings. The van der Waals surface area contributed by atoms with Crippen LogP contribution < -0.4 is 16.0 Å². The van der Waals surface area contributed by atoms with Crippen molar-refractivity contribution < 1.29 is 22.4 Å². The third-order valence-corrected chi connectivity index (χ3v) is 7.53. The molecule has 0 saturated carbocycles. The first-order valence-electron chi connectivity index (χ1n) is 11.1. The molecule has 0 radical (unpaired) electrons. The fourth-order valence-corrected chi connectivity index (χ4v) is 5.35. The van der Waals surface area contributed by atoms with Crippen LogP contribution in [-0.4, -0.2) is 37.8 Å². The van der Waals surface area contributed by atoms with Crippen molar-refractivity contribution in [2.24, 2.45) is 5.92 Å². The molecule has 1 atom stereocenters. The molecule has 3 aromatic carbocycles. The van der Waals surface area contributed by atoms with Gasteiger partial charge in [0.25, 0.3) is 0 Å². The fourth-order valence-electron chi connectivity index (χ4n) is 3.83. The van der Waals surface area contributed by atoms with Gasteiger partial charge >= 0.3 is 6.03 Å². The number of amides is 3. The molecule has 4 rings (SSSR count). The third kappa shape index (κ3) is 6.23. The maximum Gasteiger partial charge on any atom is 0.323 e. The van der Waals surface area contributed by atoms with Gasteiger partial charge in [0.15, 0.2) is 0 Å². The van der Waals surface area contributed by atoms with E-state index in [4.69, 9.17) is 0 Å². The number of sulfonamides is 1. The number of anilines is 3. The van der Waals surface area contributed by atoms with Crippen molar-refractivity contribution in [2.75, 3.05) is 29.0 Å². The monoisotopic (exact) mass is 496 g/mol. The molecule has 10 heteroatoms. The molecule has 0 aromatic heterocycles. The van der Waals surface area contributed by atoms with E-state index in [-0.39, 0.29) is 17.3 Å². The van der Waals surface area contributed by atoms with Gasteiger partial charge in [-0.25, -0.2) is 17.6 Å². The number of urea groups is 1. The largest absolute Gasteiger partial charge is 0.326 e. The van der Waals surface area contributed by atoms with E-state index in [1.807, 2.05) is 18.2 Å².